The molecule has 0 spiro atoms. The monoisotopic (exact) mass is 374 g/mol. The Kier molecular flexibility index (Phi) is 4.55. The van der Waals surface area contributed by atoms with Crippen LogP contribution in [0.5, 0.6) is 5.19 Å². The van der Waals surface area contributed by atoms with Crippen LogP contribution in [-0.4, -0.2) is 35.0 Å². The molecule has 0 aliphatic carbocycles. The van der Waals surface area contributed by atoms with E-state index in [9.17, 15) is 13.6 Å². The van der Waals surface area contributed by atoms with Crippen LogP contribution in [0, 0.1) is 11.6 Å². The van der Waals surface area contributed by atoms with Crippen molar-refractivity contribution in [2.45, 2.75) is 18.9 Å². The van der Waals surface area contributed by atoms with Crippen LogP contribution in [0.4, 0.5) is 8.78 Å². The second-order valence-electron chi connectivity index (χ2n) is 6.19. The molecular weight excluding hydrogens is 358 g/mol. The zero-order chi connectivity index (χ0) is 18.1. The molecular formula is C19H16F2N2O2S. The minimum atomic E-state index is -0.419. The van der Waals surface area contributed by atoms with Gasteiger partial charge in [0.15, 0.2) is 0 Å². The van der Waals surface area contributed by atoms with Gasteiger partial charge in [0.1, 0.15) is 23.3 Å². The molecule has 1 saturated heterocycles. The number of halogens is 2. The first-order chi connectivity index (χ1) is 12.6. The molecule has 7 heteroatoms. The fourth-order valence-corrected chi connectivity index (χ4v) is 3.96. The summed E-state index contributed by atoms with van der Waals surface area (Å²) in [5, 5.41) is 0.444. The van der Waals surface area contributed by atoms with Gasteiger partial charge >= 0.3 is 0 Å². The van der Waals surface area contributed by atoms with Crippen LogP contribution in [0.3, 0.4) is 0 Å². The molecule has 0 unspecified atom stereocenters. The van der Waals surface area contributed by atoms with Crippen molar-refractivity contribution in [1.82, 2.24) is 9.88 Å². The normalized spacial score (nSPS) is 15.4. The summed E-state index contributed by atoms with van der Waals surface area (Å²) < 4.78 is 33.7. The Morgan fingerprint density at radius 1 is 1.15 bits per heavy atom. The van der Waals surface area contributed by atoms with E-state index in [4.69, 9.17) is 4.74 Å². The molecule has 26 heavy (non-hydrogen) atoms. The minimum absolute atomic E-state index is 0.0739. The highest BCUT2D eigenvalue weighted by Gasteiger charge is 2.25. The highest BCUT2D eigenvalue weighted by Crippen LogP contribution is 2.31. The molecule has 0 bridgehead atoms. The number of nitrogens with zero attached hydrogens (tertiary/aromatic N) is 2. The van der Waals surface area contributed by atoms with E-state index >= 15 is 0 Å². The number of thiazole rings is 1. The van der Waals surface area contributed by atoms with E-state index in [1.165, 1.54) is 35.6 Å². The number of amides is 1. The molecule has 1 aromatic heterocycles. The Labute approximate surface area is 153 Å². The van der Waals surface area contributed by atoms with Crippen molar-refractivity contribution in [1.29, 1.82) is 0 Å². The zero-order valence-corrected chi connectivity index (χ0v) is 14.6. The largest absolute Gasteiger partial charge is 0.467 e. The van der Waals surface area contributed by atoms with E-state index in [1.807, 2.05) is 6.07 Å². The fourth-order valence-electron chi connectivity index (χ4n) is 3.07. The third kappa shape index (κ3) is 3.39. The lowest BCUT2D eigenvalue weighted by Crippen LogP contribution is -2.41. The van der Waals surface area contributed by atoms with Crippen LogP contribution < -0.4 is 4.74 Å². The predicted octanol–water partition coefficient (Wildman–Crippen LogP) is 4.26. The van der Waals surface area contributed by atoms with E-state index in [2.05, 4.69) is 4.98 Å². The fraction of sp³-hybridized carbons (Fsp3) is 0.263. The maximum atomic E-state index is 13.7. The van der Waals surface area contributed by atoms with E-state index in [0.717, 1.165) is 4.70 Å². The number of aromatic nitrogens is 1. The highest BCUT2D eigenvalue weighted by molar-refractivity contribution is 7.20. The average Bonchev–Trinajstić information content (AvgIpc) is 3.06. The summed E-state index contributed by atoms with van der Waals surface area (Å²) in [6.07, 6.45) is 1.23. The lowest BCUT2D eigenvalue weighted by atomic mass is 10.1. The molecule has 2 heterocycles. The second-order valence-corrected chi connectivity index (χ2v) is 7.18. The number of piperidine rings is 1. The quantitative estimate of drug-likeness (QED) is 0.688. The van der Waals surface area contributed by atoms with Gasteiger partial charge in [-0.3, -0.25) is 4.79 Å². The first-order valence-electron chi connectivity index (χ1n) is 8.37. The second kappa shape index (κ2) is 6.99. The van der Waals surface area contributed by atoms with Crippen molar-refractivity contribution in [3.05, 3.63) is 59.7 Å². The molecule has 4 nitrogen and oxygen atoms in total. The van der Waals surface area contributed by atoms with Gasteiger partial charge in [-0.05, 0) is 30.3 Å². The number of hydrogen-bond donors (Lipinski definition) is 0. The van der Waals surface area contributed by atoms with Gasteiger partial charge in [-0.1, -0.05) is 23.5 Å². The number of ether oxygens (including phenoxy) is 1. The molecule has 1 fully saturated rings. The van der Waals surface area contributed by atoms with Crippen molar-refractivity contribution in [3.8, 4) is 5.19 Å². The predicted molar refractivity (Wildman–Crippen MR) is 95.5 cm³/mol. The Balaban J connectivity index is 1.38. The number of para-hydroxylation sites is 1. The number of likely N-dealkylation sites (tertiary alicyclic amines) is 1. The molecule has 134 valence electrons. The molecule has 4 rings (SSSR count). The summed E-state index contributed by atoms with van der Waals surface area (Å²) in [6.45, 7) is 1.05. The summed E-state index contributed by atoms with van der Waals surface area (Å²) in [7, 11) is 0. The van der Waals surface area contributed by atoms with Crippen LogP contribution in [-0.2, 0) is 0 Å². The van der Waals surface area contributed by atoms with Crippen LogP contribution in [0.2, 0.25) is 0 Å². The highest BCUT2D eigenvalue weighted by atomic mass is 32.1. The topological polar surface area (TPSA) is 42.4 Å². The number of benzene rings is 2. The molecule has 1 amide bonds. The zero-order valence-electron chi connectivity index (χ0n) is 13.8. The van der Waals surface area contributed by atoms with E-state index in [1.54, 1.807) is 17.0 Å². The van der Waals surface area contributed by atoms with Gasteiger partial charge in [-0.2, -0.15) is 4.98 Å². The summed E-state index contributed by atoms with van der Waals surface area (Å²) in [5.74, 6) is -0.953. The van der Waals surface area contributed by atoms with Crippen molar-refractivity contribution >= 4 is 27.5 Å². The van der Waals surface area contributed by atoms with Crippen LogP contribution in [0.15, 0.2) is 42.5 Å². The number of rotatable bonds is 3. The van der Waals surface area contributed by atoms with E-state index < -0.39 is 5.82 Å². The third-order valence-corrected chi connectivity index (χ3v) is 5.33. The Bertz CT molecular complexity index is 952. The maximum Gasteiger partial charge on any atom is 0.274 e. The maximum absolute atomic E-state index is 13.7. The number of hydrogen-bond acceptors (Lipinski definition) is 4. The molecule has 0 saturated carbocycles. The molecule has 1 aliphatic rings. The van der Waals surface area contributed by atoms with Crippen LogP contribution in [0.1, 0.15) is 23.2 Å². The SMILES string of the molecule is O=C(c1cccc(F)c1)N1CCC(Oc2nc3c(F)cccc3s2)CC1. The van der Waals surface area contributed by atoms with Crippen LogP contribution >= 0.6 is 11.3 Å². The Morgan fingerprint density at radius 2 is 1.92 bits per heavy atom. The van der Waals surface area contributed by atoms with Gasteiger partial charge in [-0.15, -0.1) is 0 Å². The summed E-state index contributed by atoms with van der Waals surface area (Å²) >= 11 is 1.32. The Hall–Kier alpha value is -2.54. The molecule has 0 atom stereocenters. The molecule has 3 aromatic rings. The van der Waals surface area contributed by atoms with E-state index in [0.29, 0.717) is 42.2 Å². The third-order valence-electron chi connectivity index (χ3n) is 4.42. The summed E-state index contributed by atoms with van der Waals surface area (Å²) in [5.41, 5.74) is 0.678. The summed E-state index contributed by atoms with van der Waals surface area (Å²) in [6, 6.07) is 10.5. The van der Waals surface area contributed by atoms with Gasteiger partial charge in [-0.25, -0.2) is 8.78 Å². The van der Waals surface area contributed by atoms with Crippen molar-refractivity contribution in [2.75, 3.05) is 13.1 Å². The van der Waals surface area contributed by atoms with Gasteiger partial charge < -0.3 is 9.64 Å². The molecule has 2 aromatic carbocycles. The van der Waals surface area contributed by atoms with Crippen molar-refractivity contribution < 1.29 is 18.3 Å². The first kappa shape index (κ1) is 16.9. The standard InChI is InChI=1S/C19H16F2N2O2S/c20-13-4-1-3-12(11-13)18(24)23-9-7-14(8-10-23)25-19-22-17-15(21)5-2-6-16(17)26-19/h1-6,11,14H,7-10H2. The van der Waals surface area contributed by atoms with Crippen LogP contribution in [0.25, 0.3) is 10.2 Å². The first-order valence-corrected chi connectivity index (χ1v) is 9.18. The van der Waals surface area contributed by atoms with Gasteiger partial charge in [0.2, 0.25) is 0 Å². The van der Waals surface area contributed by atoms with Gasteiger partial charge in [0.05, 0.1) is 4.70 Å². The van der Waals surface area contributed by atoms with Gasteiger partial charge in [0.25, 0.3) is 11.1 Å². The molecule has 0 N–H and O–H groups in total. The van der Waals surface area contributed by atoms with E-state index in [-0.39, 0.29) is 17.8 Å². The minimum Gasteiger partial charge on any atom is -0.467 e. The van der Waals surface area contributed by atoms with Gasteiger partial charge in [0, 0.05) is 31.5 Å². The number of carbonyl (C=O) groups excluding carboxylic acids is 1. The smallest absolute Gasteiger partial charge is 0.274 e. The molecule has 1 aliphatic heterocycles. The lowest BCUT2D eigenvalue weighted by molar-refractivity contribution is 0.0595. The molecule has 0 radical (unpaired) electrons. The van der Waals surface area contributed by atoms with Crippen molar-refractivity contribution in [2.24, 2.45) is 0 Å². The number of fused-ring (bicyclic) bond motifs is 1. The summed E-state index contributed by atoms with van der Waals surface area (Å²) in [4.78, 5) is 18.4. The van der Waals surface area contributed by atoms with Crippen molar-refractivity contribution in [3.63, 3.8) is 0 Å². The number of carbonyl (C=O) groups is 1. The average molecular weight is 374 g/mol. The lowest BCUT2D eigenvalue weighted by Gasteiger charge is -2.31. The Morgan fingerprint density at radius 3 is 2.65 bits per heavy atom.